The van der Waals surface area contributed by atoms with E-state index in [4.69, 9.17) is 4.98 Å². The SMILES string of the molecule is Cc1c(-c2ccc(-c3cnc([C@@H]4CCN(C)N4C(=O)[C@H](NC(=O)O)c4ccccc4)[nH]3)cc2)ccc(-c2cnc([C@@H]3CCN(C)N3C(=O)[C@H](NC(=O)O)c3ccccc3)[nH]2)c1C. The summed E-state index contributed by atoms with van der Waals surface area (Å²) in [6.07, 6.45) is 2.20. The summed E-state index contributed by atoms with van der Waals surface area (Å²) in [7, 11) is 3.63. The standard InChI is InChI=1S/C46H48N10O6/c1-27-28(2)34(36-26-48-42(50-36)38-22-24-54(4)56(38)44(58)40(52-46(61)62)32-13-9-6-10-14-32)20-19-33(27)29-15-17-30(18-16-29)35-25-47-41(49-35)37-21-23-53(3)55(37)43(57)39(51-45(59)60)31-11-7-5-8-12-31/h5-20,25-26,37-40,51-52H,21-24H2,1-4H3,(H,47,49)(H,48,50)(H,59,60)(H,61,62)/t37-,38-,39+,40+/m0/s1. The Morgan fingerprint density at radius 3 is 1.50 bits per heavy atom. The topological polar surface area (TPSA) is 203 Å². The second kappa shape index (κ2) is 17.4. The van der Waals surface area contributed by atoms with Gasteiger partial charge in [-0.15, -0.1) is 0 Å². The second-order valence-corrected chi connectivity index (χ2v) is 15.7. The third-order valence-corrected chi connectivity index (χ3v) is 11.9. The predicted octanol–water partition coefficient (Wildman–Crippen LogP) is 7.01. The number of hydrazine groups is 2. The number of nitrogens with one attached hydrogen (secondary N) is 4. The minimum absolute atomic E-state index is 0.387. The molecule has 318 valence electrons. The van der Waals surface area contributed by atoms with Crippen molar-refractivity contribution in [2.45, 2.75) is 50.9 Å². The highest BCUT2D eigenvalue weighted by molar-refractivity contribution is 5.88. The smallest absolute Gasteiger partial charge is 0.405 e. The minimum Gasteiger partial charge on any atom is -0.465 e. The molecule has 0 bridgehead atoms. The van der Waals surface area contributed by atoms with E-state index >= 15 is 0 Å². The normalized spacial score (nSPS) is 17.8. The largest absolute Gasteiger partial charge is 0.465 e. The summed E-state index contributed by atoms with van der Waals surface area (Å²) in [6.45, 7) is 5.35. The van der Waals surface area contributed by atoms with Gasteiger partial charge in [-0.25, -0.2) is 29.6 Å². The van der Waals surface area contributed by atoms with Gasteiger partial charge in [0, 0.05) is 32.7 Å². The molecule has 2 aliphatic heterocycles. The Labute approximate surface area is 358 Å². The summed E-state index contributed by atoms with van der Waals surface area (Å²) in [5.74, 6) is 0.449. The molecule has 2 aromatic heterocycles. The lowest BCUT2D eigenvalue weighted by molar-refractivity contribution is -0.149. The van der Waals surface area contributed by atoms with Crippen LogP contribution >= 0.6 is 0 Å². The number of nitrogens with zero attached hydrogens (tertiary/aromatic N) is 6. The highest BCUT2D eigenvalue weighted by Crippen LogP contribution is 2.38. The average molecular weight is 837 g/mol. The Bertz CT molecular complexity index is 2600. The molecule has 4 aromatic carbocycles. The van der Waals surface area contributed by atoms with E-state index in [9.17, 15) is 29.4 Å². The van der Waals surface area contributed by atoms with Crippen molar-refractivity contribution in [2.75, 3.05) is 27.2 Å². The van der Waals surface area contributed by atoms with Crippen LogP contribution in [0, 0.1) is 13.8 Å². The molecule has 16 heteroatoms. The van der Waals surface area contributed by atoms with E-state index in [1.54, 1.807) is 76.0 Å². The van der Waals surface area contributed by atoms with Gasteiger partial charge in [-0.3, -0.25) is 19.6 Å². The van der Waals surface area contributed by atoms with E-state index in [0.29, 0.717) is 48.7 Å². The number of amides is 4. The van der Waals surface area contributed by atoms with E-state index < -0.39 is 36.4 Å². The van der Waals surface area contributed by atoms with Crippen molar-refractivity contribution in [1.29, 1.82) is 0 Å². The van der Waals surface area contributed by atoms with E-state index in [-0.39, 0.29) is 11.8 Å². The zero-order chi connectivity index (χ0) is 43.7. The van der Waals surface area contributed by atoms with Gasteiger partial charge >= 0.3 is 12.2 Å². The second-order valence-electron chi connectivity index (χ2n) is 15.7. The van der Waals surface area contributed by atoms with Gasteiger partial charge in [-0.2, -0.15) is 0 Å². The molecule has 6 N–H and O–H groups in total. The van der Waals surface area contributed by atoms with Crippen molar-refractivity contribution in [1.82, 2.24) is 50.6 Å². The van der Waals surface area contributed by atoms with Crippen LogP contribution in [0.2, 0.25) is 0 Å². The molecule has 4 atom stereocenters. The Morgan fingerprint density at radius 2 is 1.02 bits per heavy atom. The van der Waals surface area contributed by atoms with Crippen LogP contribution in [-0.2, 0) is 9.59 Å². The first-order chi connectivity index (χ1) is 29.9. The number of hydrogen-bond acceptors (Lipinski definition) is 8. The van der Waals surface area contributed by atoms with Crippen LogP contribution in [0.15, 0.2) is 109 Å². The first kappa shape index (κ1) is 41.4. The monoisotopic (exact) mass is 836 g/mol. The maximum Gasteiger partial charge on any atom is 0.405 e. The number of carbonyl (C=O) groups is 4. The summed E-state index contributed by atoms with van der Waals surface area (Å²) >= 11 is 0. The van der Waals surface area contributed by atoms with Crippen molar-refractivity contribution in [3.05, 3.63) is 143 Å². The number of aromatic nitrogens is 4. The molecular formula is C46H48N10O6. The molecule has 0 radical (unpaired) electrons. The van der Waals surface area contributed by atoms with Crippen LogP contribution in [0.1, 0.15) is 70.9 Å². The van der Waals surface area contributed by atoms with Gasteiger partial charge in [-0.1, -0.05) is 97.1 Å². The fourth-order valence-electron chi connectivity index (χ4n) is 8.63. The Hall–Kier alpha value is -7.30. The van der Waals surface area contributed by atoms with E-state index in [1.165, 1.54) is 0 Å². The Kier molecular flexibility index (Phi) is 11.6. The highest BCUT2D eigenvalue weighted by atomic mass is 16.4. The summed E-state index contributed by atoms with van der Waals surface area (Å²) in [5, 5.41) is 30.8. The Balaban J connectivity index is 0.984. The first-order valence-electron chi connectivity index (χ1n) is 20.4. The lowest BCUT2D eigenvalue weighted by Gasteiger charge is -2.32. The van der Waals surface area contributed by atoms with Crippen LogP contribution < -0.4 is 10.6 Å². The number of benzene rings is 4. The zero-order valence-corrected chi connectivity index (χ0v) is 34.7. The molecule has 2 fully saturated rings. The van der Waals surface area contributed by atoms with E-state index in [2.05, 4.69) is 63.7 Å². The number of H-pyrrole nitrogens is 2. The number of rotatable bonds is 11. The molecule has 16 nitrogen and oxygen atoms in total. The molecule has 0 unspecified atom stereocenters. The Morgan fingerprint density at radius 1 is 0.597 bits per heavy atom. The van der Waals surface area contributed by atoms with Crippen molar-refractivity contribution in [2.24, 2.45) is 0 Å². The van der Waals surface area contributed by atoms with Crippen LogP contribution in [0.3, 0.4) is 0 Å². The molecule has 4 amide bonds. The van der Waals surface area contributed by atoms with Gasteiger partial charge in [0.15, 0.2) is 0 Å². The van der Waals surface area contributed by atoms with Crippen molar-refractivity contribution < 1.29 is 29.4 Å². The average Bonchev–Trinajstić information content (AvgIpc) is 4.10. The van der Waals surface area contributed by atoms with Crippen molar-refractivity contribution in [3.8, 4) is 33.6 Å². The maximum absolute atomic E-state index is 14.0. The number of carbonyl (C=O) groups excluding carboxylic acids is 2. The van der Waals surface area contributed by atoms with Crippen LogP contribution in [0.5, 0.6) is 0 Å². The molecule has 4 heterocycles. The van der Waals surface area contributed by atoms with Gasteiger partial charge < -0.3 is 30.8 Å². The molecule has 0 spiro atoms. The van der Waals surface area contributed by atoms with Gasteiger partial charge in [-0.05, 0) is 65.6 Å². The van der Waals surface area contributed by atoms with E-state index in [0.717, 1.165) is 44.8 Å². The van der Waals surface area contributed by atoms with Crippen LogP contribution in [-0.4, -0.2) is 101 Å². The number of aromatic amines is 2. The summed E-state index contributed by atoms with van der Waals surface area (Å²) in [6, 6.07) is 27.0. The molecule has 0 aliphatic carbocycles. The molecule has 2 saturated heterocycles. The quantitative estimate of drug-likeness (QED) is 0.0788. The zero-order valence-electron chi connectivity index (χ0n) is 34.7. The third-order valence-electron chi connectivity index (χ3n) is 11.9. The summed E-state index contributed by atoms with van der Waals surface area (Å²) in [4.78, 5) is 67.7. The maximum atomic E-state index is 14.0. The van der Waals surface area contributed by atoms with Gasteiger partial charge in [0.1, 0.15) is 35.8 Å². The van der Waals surface area contributed by atoms with E-state index in [1.807, 2.05) is 43.4 Å². The third kappa shape index (κ3) is 8.12. The molecule has 6 aromatic rings. The van der Waals surface area contributed by atoms with Gasteiger partial charge in [0.05, 0.1) is 23.8 Å². The first-order valence-corrected chi connectivity index (χ1v) is 20.4. The summed E-state index contributed by atoms with van der Waals surface area (Å²) in [5.41, 5.74) is 8.87. The van der Waals surface area contributed by atoms with Crippen LogP contribution in [0.25, 0.3) is 33.6 Å². The number of imidazole rings is 2. The molecule has 0 saturated carbocycles. The highest BCUT2D eigenvalue weighted by Gasteiger charge is 2.42. The molecular weight excluding hydrogens is 789 g/mol. The number of hydrogen-bond donors (Lipinski definition) is 6. The van der Waals surface area contributed by atoms with Crippen molar-refractivity contribution in [3.63, 3.8) is 0 Å². The summed E-state index contributed by atoms with van der Waals surface area (Å²) < 4.78 is 0. The van der Waals surface area contributed by atoms with Gasteiger partial charge in [0.25, 0.3) is 11.8 Å². The van der Waals surface area contributed by atoms with Crippen molar-refractivity contribution >= 4 is 24.0 Å². The fourth-order valence-corrected chi connectivity index (χ4v) is 8.63. The minimum atomic E-state index is -1.29. The fraction of sp³-hybridized carbons (Fsp3) is 0.261. The predicted molar refractivity (Wildman–Crippen MR) is 231 cm³/mol. The lowest BCUT2D eigenvalue weighted by Crippen LogP contribution is -2.47. The van der Waals surface area contributed by atoms with Gasteiger partial charge in [0.2, 0.25) is 0 Å². The van der Waals surface area contributed by atoms with Crippen LogP contribution in [0.4, 0.5) is 9.59 Å². The molecule has 2 aliphatic rings. The number of carboxylic acid groups (broad SMARTS) is 2. The molecule has 8 rings (SSSR count). The molecule has 62 heavy (non-hydrogen) atoms. The lowest BCUT2D eigenvalue weighted by atomic mass is 9.92.